The number of esters is 2. The first-order valence-electron chi connectivity index (χ1n) is 12.5. The van der Waals surface area contributed by atoms with E-state index in [1.54, 1.807) is 38.1 Å². The van der Waals surface area contributed by atoms with E-state index in [9.17, 15) is 19.2 Å². The number of hydrogen-bond donors (Lipinski definition) is 1. The zero-order chi connectivity index (χ0) is 27.9. The molecule has 3 aromatic rings. The first-order valence-corrected chi connectivity index (χ1v) is 13.3. The summed E-state index contributed by atoms with van der Waals surface area (Å²) in [6.45, 7) is 5.76. The number of thioether (sulfide) groups is 1. The van der Waals surface area contributed by atoms with Gasteiger partial charge in [0, 0.05) is 10.6 Å². The van der Waals surface area contributed by atoms with Crippen LogP contribution in [0.4, 0.5) is 11.4 Å². The van der Waals surface area contributed by atoms with Crippen molar-refractivity contribution >= 4 is 46.9 Å². The highest BCUT2D eigenvalue weighted by Crippen LogP contribution is 2.38. The van der Waals surface area contributed by atoms with E-state index >= 15 is 0 Å². The smallest absolute Gasteiger partial charge is 0.338 e. The topological polar surface area (TPSA) is 102 Å². The minimum Gasteiger partial charge on any atom is -0.462 e. The third-order valence-corrected chi connectivity index (χ3v) is 6.63. The molecule has 0 spiro atoms. The van der Waals surface area contributed by atoms with Crippen molar-refractivity contribution < 1.29 is 28.7 Å². The van der Waals surface area contributed by atoms with E-state index in [1.807, 2.05) is 37.3 Å². The molecular formula is C30H28N2O6S. The predicted molar refractivity (Wildman–Crippen MR) is 149 cm³/mol. The molecule has 0 aromatic heterocycles. The molecule has 2 amide bonds. The van der Waals surface area contributed by atoms with Crippen LogP contribution in [0.25, 0.3) is 0 Å². The second kappa shape index (κ2) is 12.4. The summed E-state index contributed by atoms with van der Waals surface area (Å²) >= 11 is 1.18. The van der Waals surface area contributed by atoms with Gasteiger partial charge < -0.3 is 14.8 Å². The highest BCUT2D eigenvalue weighted by atomic mass is 32.2. The Bertz CT molecular complexity index is 1400. The number of imide groups is 1. The van der Waals surface area contributed by atoms with E-state index < -0.39 is 23.8 Å². The number of nitrogens with zero attached hydrogens (tertiary/aromatic N) is 1. The van der Waals surface area contributed by atoms with Gasteiger partial charge in [0.05, 0.1) is 29.5 Å². The lowest BCUT2D eigenvalue weighted by molar-refractivity contribution is -0.120. The highest BCUT2D eigenvalue weighted by Gasteiger charge is 2.40. The average molecular weight is 545 g/mol. The zero-order valence-electron chi connectivity index (χ0n) is 21.8. The maximum absolute atomic E-state index is 13.6. The van der Waals surface area contributed by atoms with Gasteiger partial charge in [-0.2, -0.15) is 0 Å². The van der Waals surface area contributed by atoms with Crippen molar-refractivity contribution in [2.75, 3.05) is 16.8 Å². The third-order valence-electron chi connectivity index (χ3n) is 5.54. The number of amides is 2. The minimum absolute atomic E-state index is 0.110. The van der Waals surface area contributed by atoms with E-state index in [0.29, 0.717) is 29.1 Å². The normalized spacial score (nSPS) is 13.2. The van der Waals surface area contributed by atoms with Gasteiger partial charge in [-0.15, -0.1) is 0 Å². The van der Waals surface area contributed by atoms with Crippen LogP contribution in [0.15, 0.2) is 94.4 Å². The maximum Gasteiger partial charge on any atom is 0.338 e. The van der Waals surface area contributed by atoms with Crippen LogP contribution in [0.3, 0.4) is 0 Å². The molecule has 8 nitrogen and oxygen atoms in total. The van der Waals surface area contributed by atoms with Crippen LogP contribution in [0.1, 0.15) is 47.9 Å². The SMILES string of the molecule is CCCOC(=O)c1ccc(NC2=C(Sc3ccccc3)C(=O)N(c3ccc(C(=O)OC(C)C)cc3)C2=O)cc1. The van der Waals surface area contributed by atoms with Crippen molar-refractivity contribution in [1.29, 1.82) is 0 Å². The highest BCUT2D eigenvalue weighted by molar-refractivity contribution is 8.04. The molecule has 1 aliphatic heterocycles. The molecular weight excluding hydrogens is 516 g/mol. The summed E-state index contributed by atoms with van der Waals surface area (Å²) in [6, 6.07) is 21.9. The van der Waals surface area contributed by atoms with Crippen molar-refractivity contribution in [2.45, 2.75) is 38.2 Å². The molecule has 1 aliphatic rings. The van der Waals surface area contributed by atoms with Gasteiger partial charge >= 0.3 is 11.9 Å². The molecule has 0 saturated carbocycles. The molecule has 0 aliphatic carbocycles. The van der Waals surface area contributed by atoms with Gasteiger partial charge in [0.2, 0.25) is 0 Å². The molecule has 0 radical (unpaired) electrons. The summed E-state index contributed by atoms with van der Waals surface area (Å²) in [5, 5.41) is 3.07. The van der Waals surface area contributed by atoms with Crippen LogP contribution >= 0.6 is 11.8 Å². The Labute approximate surface area is 231 Å². The van der Waals surface area contributed by atoms with Crippen LogP contribution < -0.4 is 10.2 Å². The fourth-order valence-corrected chi connectivity index (χ4v) is 4.64. The van der Waals surface area contributed by atoms with Gasteiger partial charge in [-0.3, -0.25) is 9.59 Å². The molecule has 9 heteroatoms. The second-order valence-electron chi connectivity index (χ2n) is 8.90. The molecule has 1 heterocycles. The molecule has 1 N–H and O–H groups in total. The number of nitrogens with one attached hydrogen (secondary N) is 1. The van der Waals surface area contributed by atoms with Crippen molar-refractivity contribution in [3.63, 3.8) is 0 Å². The Balaban J connectivity index is 1.61. The largest absolute Gasteiger partial charge is 0.462 e. The number of ether oxygens (including phenoxy) is 2. The van der Waals surface area contributed by atoms with Crippen molar-refractivity contribution in [1.82, 2.24) is 0 Å². The Morgan fingerprint density at radius 2 is 1.46 bits per heavy atom. The van der Waals surface area contributed by atoms with Crippen LogP contribution in [0.2, 0.25) is 0 Å². The number of carbonyl (C=O) groups is 4. The van der Waals surface area contributed by atoms with E-state index in [4.69, 9.17) is 9.47 Å². The van der Waals surface area contributed by atoms with Crippen LogP contribution in [-0.2, 0) is 19.1 Å². The molecule has 200 valence electrons. The van der Waals surface area contributed by atoms with Gasteiger partial charge in [-0.25, -0.2) is 14.5 Å². The van der Waals surface area contributed by atoms with Crippen LogP contribution in [0, 0.1) is 0 Å². The van der Waals surface area contributed by atoms with E-state index in [1.165, 1.54) is 36.0 Å². The lowest BCUT2D eigenvalue weighted by Gasteiger charge is -2.16. The molecule has 0 unspecified atom stereocenters. The number of carbonyl (C=O) groups excluding carboxylic acids is 4. The molecule has 0 atom stereocenters. The molecule has 0 saturated heterocycles. The van der Waals surface area contributed by atoms with Crippen molar-refractivity contribution in [3.8, 4) is 0 Å². The van der Waals surface area contributed by atoms with Crippen LogP contribution in [0.5, 0.6) is 0 Å². The maximum atomic E-state index is 13.6. The van der Waals surface area contributed by atoms with Gasteiger partial charge in [-0.05, 0) is 80.9 Å². The number of hydrogen-bond acceptors (Lipinski definition) is 8. The fourth-order valence-electron chi connectivity index (χ4n) is 3.70. The van der Waals surface area contributed by atoms with E-state index in [-0.39, 0.29) is 16.7 Å². The van der Waals surface area contributed by atoms with Gasteiger partial charge in [0.25, 0.3) is 11.8 Å². The molecule has 0 bridgehead atoms. The summed E-state index contributed by atoms with van der Waals surface area (Å²) in [7, 11) is 0. The fraction of sp³-hybridized carbons (Fsp3) is 0.200. The van der Waals surface area contributed by atoms with Crippen molar-refractivity contribution in [2.24, 2.45) is 0 Å². The average Bonchev–Trinajstić information content (AvgIpc) is 3.16. The van der Waals surface area contributed by atoms with Gasteiger partial charge in [0.15, 0.2) is 0 Å². The zero-order valence-corrected chi connectivity index (χ0v) is 22.6. The monoisotopic (exact) mass is 544 g/mol. The lowest BCUT2D eigenvalue weighted by atomic mass is 10.2. The second-order valence-corrected chi connectivity index (χ2v) is 9.99. The predicted octanol–water partition coefficient (Wildman–Crippen LogP) is 5.81. The minimum atomic E-state index is -0.539. The Morgan fingerprint density at radius 3 is 2.08 bits per heavy atom. The summed E-state index contributed by atoms with van der Waals surface area (Å²) in [5.74, 6) is -1.95. The number of anilines is 2. The van der Waals surface area contributed by atoms with E-state index in [2.05, 4.69) is 5.32 Å². The molecule has 3 aromatic carbocycles. The molecule has 39 heavy (non-hydrogen) atoms. The standard InChI is InChI=1S/C30H28N2O6S/c1-4-18-37-29(35)20-10-14-22(15-11-20)31-25-26(39-24-8-6-5-7-9-24)28(34)32(27(25)33)23-16-12-21(13-17-23)30(36)38-19(2)3/h5-17,19,31H,4,18H2,1-3H3. The van der Waals surface area contributed by atoms with Gasteiger partial charge in [-0.1, -0.05) is 36.9 Å². The van der Waals surface area contributed by atoms with E-state index in [0.717, 1.165) is 16.2 Å². The Hall–Kier alpha value is -4.37. The first-order chi connectivity index (χ1) is 18.8. The van der Waals surface area contributed by atoms with Gasteiger partial charge in [0.1, 0.15) is 10.6 Å². The Kier molecular flexibility index (Phi) is 8.83. The summed E-state index contributed by atoms with van der Waals surface area (Å²) in [6.07, 6.45) is 0.448. The summed E-state index contributed by atoms with van der Waals surface area (Å²) in [5.41, 5.74) is 1.65. The quantitative estimate of drug-likeness (QED) is 0.252. The Morgan fingerprint density at radius 1 is 0.846 bits per heavy atom. The number of rotatable bonds is 10. The summed E-state index contributed by atoms with van der Waals surface area (Å²) in [4.78, 5) is 53.6. The molecule has 4 rings (SSSR count). The van der Waals surface area contributed by atoms with Crippen LogP contribution in [-0.4, -0.2) is 36.5 Å². The molecule has 0 fully saturated rings. The number of benzene rings is 3. The summed E-state index contributed by atoms with van der Waals surface area (Å²) < 4.78 is 10.4. The lowest BCUT2D eigenvalue weighted by Crippen LogP contribution is -2.32. The van der Waals surface area contributed by atoms with Crippen molar-refractivity contribution in [3.05, 3.63) is 101 Å². The third kappa shape index (κ3) is 6.56. The first kappa shape index (κ1) is 27.7.